The van der Waals surface area contributed by atoms with Crippen molar-refractivity contribution in [1.82, 2.24) is 14.9 Å². The third-order valence-corrected chi connectivity index (χ3v) is 6.47. The first-order chi connectivity index (χ1) is 18.6. The molecule has 4 heterocycles. The predicted molar refractivity (Wildman–Crippen MR) is 130 cm³/mol. The summed E-state index contributed by atoms with van der Waals surface area (Å²) in [5.74, 6) is -4.86. The number of thiophene rings is 1. The summed E-state index contributed by atoms with van der Waals surface area (Å²) < 4.78 is 75.9. The van der Waals surface area contributed by atoms with Gasteiger partial charge in [-0.1, -0.05) is 0 Å². The van der Waals surface area contributed by atoms with Crippen molar-refractivity contribution in [2.75, 3.05) is 38.2 Å². The monoisotopic (exact) mass is 602 g/mol. The van der Waals surface area contributed by atoms with E-state index in [0.29, 0.717) is 12.6 Å². The van der Waals surface area contributed by atoms with E-state index in [9.17, 15) is 26.3 Å². The van der Waals surface area contributed by atoms with Crippen molar-refractivity contribution in [3.05, 3.63) is 40.3 Å². The summed E-state index contributed by atoms with van der Waals surface area (Å²) in [7, 11) is 0. The number of rotatable bonds is 5. The van der Waals surface area contributed by atoms with Crippen LogP contribution in [-0.4, -0.2) is 93.9 Å². The SMILES string of the molecule is Cc1ccc(CN2CCOCC3(CCC(CNc4ncccn4)O3)C2)s1.O=C(O)C(F)(F)F.O=C(O)C(F)(F)F. The number of hydrogen-bond acceptors (Lipinski definition) is 9. The van der Waals surface area contributed by atoms with Gasteiger partial charge >= 0.3 is 24.3 Å². The van der Waals surface area contributed by atoms with Gasteiger partial charge in [0.25, 0.3) is 0 Å². The zero-order valence-corrected chi connectivity index (χ0v) is 22.0. The summed E-state index contributed by atoms with van der Waals surface area (Å²) in [5, 5.41) is 17.5. The average molecular weight is 603 g/mol. The van der Waals surface area contributed by atoms with Crippen LogP contribution in [-0.2, 0) is 25.6 Å². The highest BCUT2D eigenvalue weighted by Crippen LogP contribution is 2.34. The van der Waals surface area contributed by atoms with Crippen molar-refractivity contribution in [2.45, 2.75) is 50.4 Å². The van der Waals surface area contributed by atoms with Gasteiger partial charge in [0.05, 0.1) is 19.3 Å². The minimum atomic E-state index is -5.08. The van der Waals surface area contributed by atoms with E-state index in [2.05, 4.69) is 39.2 Å². The van der Waals surface area contributed by atoms with Crippen LogP contribution in [0.3, 0.4) is 0 Å². The topological polar surface area (TPSA) is 134 Å². The lowest BCUT2D eigenvalue weighted by atomic mass is 10.00. The molecule has 0 bridgehead atoms. The number of ether oxygens (including phenoxy) is 2. The van der Waals surface area contributed by atoms with Gasteiger partial charge in [-0.05, 0) is 38.0 Å². The molecule has 10 nitrogen and oxygen atoms in total. The lowest BCUT2D eigenvalue weighted by molar-refractivity contribution is -0.193. The molecule has 0 saturated carbocycles. The summed E-state index contributed by atoms with van der Waals surface area (Å²) in [5.41, 5.74) is -0.188. The molecule has 0 radical (unpaired) electrons. The van der Waals surface area contributed by atoms with Gasteiger partial charge in [-0.15, -0.1) is 11.3 Å². The number of carboxylic acid groups (broad SMARTS) is 2. The molecule has 17 heteroatoms. The number of aryl methyl sites for hydroxylation is 1. The minimum absolute atomic E-state index is 0.173. The highest BCUT2D eigenvalue weighted by atomic mass is 32.1. The van der Waals surface area contributed by atoms with Gasteiger partial charge < -0.3 is 25.0 Å². The Morgan fingerprint density at radius 1 is 1.12 bits per heavy atom. The van der Waals surface area contributed by atoms with Crippen LogP contribution < -0.4 is 5.32 Å². The molecular weight excluding hydrogens is 574 g/mol. The van der Waals surface area contributed by atoms with Gasteiger partial charge in [-0.2, -0.15) is 26.3 Å². The maximum absolute atomic E-state index is 10.6. The molecule has 224 valence electrons. The number of hydrogen-bond donors (Lipinski definition) is 3. The second-order valence-corrected chi connectivity index (χ2v) is 10.2. The summed E-state index contributed by atoms with van der Waals surface area (Å²) >= 11 is 1.88. The molecule has 2 unspecified atom stereocenters. The molecule has 40 heavy (non-hydrogen) atoms. The van der Waals surface area contributed by atoms with Crippen molar-refractivity contribution in [3.8, 4) is 0 Å². The zero-order chi connectivity index (χ0) is 30.0. The molecule has 0 aromatic carbocycles. The number of halogens is 6. The van der Waals surface area contributed by atoms with Crippen LogP contribution in [0.4, 0.5) is 32.3 Å². The van der Waals surface area contributed by atoms with Crippen LogP contribution in [0.15, 0.2) is 30.6 Å². The van der Waals surface area contributed by atoms with E-state index in [-0.39, 0.29) is 11.7 Å². The number of alkyl halides is 6. The number of aliphatic carboxylic acids is 2. The molecule has 2 aliphatic rings. The van der Waals surface area contributed by atoms with Gasteiger partial charge in [0.15, 0.2) is 0 Å². The maximum atomic E-state index is 10.6. The first kappa shape index (κ1) is 33.2. The van der Waals surface area contributed by atoms with Crippen molar-refractivity contribution in [1.29, 1.82) is 0 Å². The first-order valence-electron chi connectivity index (χ1n) is 11.7. The van der Waals surface area contributed by atoms with E-state index >= 15 is 0 Å². The van der Waals surface area contributed by atoms with Crippen molar-refractivity contribution >= 4 is 29.2 Å². The zero-order valence-electron chi connectivity index (χ0n) is 21.2. The van der Waals surface area contributed by atoms with Crippen LogP contribution in [0.5, 0.6) is 0 Å². The smallest absolute Gasteiger partial charge is 0.475 e. The summed E-state index contributed by atoms with van der Waals surface area (Å²) in [6, 6.07) is 6.25. The van der Waals surface area contributed by atoms with Crippen LogP contribution in [0.1, 0.15) is 22.6 Å². The molecule has 4 rings (SSSR count). The first-order valence-corrected chi connectivity index (χ1v) is 12.6. The quantitative estimate of drug-likeness (QED) is 0.432. The standard InChI is InChI=1S/C19H26N4O2S.2C2HF3O2/c1-15-3-4-17(26-15)12-23-9-10-24-14-19(13-23)6-5-16(25-19)11-22-18-20-7-2-8-21-18;2*3-2(4,5)1(6)7/h2-4,7-8,16H,5-6,9-14H2,1H3,(H,20,21,22);2*(H,6,7). The Bertz CT molecular complexity index is 1060. The van der Waals surface area contributed by atoms with Crippen LogP contribution in [0.2, 0.25) is 0 Å². The van der Waals surface area contributed by atoms with Crippen molar-refractivity contribution in [3.63, 3.8) is 0 Å². The van der Waals surface area contributed by atoms with Gasteiger partial charge in [0.2, 0.25) is 5.95 Å². The Balaban J connectivity index is 0.000000333. The fourth-order valence-corrected chi connectivity index (χ4v) is 4.70. The van der Waals surface area contributed by atoms with Gasteiger partial charge in [0, 0.05) is 48.3 Å². The predicted octanol–water partition coefficient (Wildman–Crippen LogP) is 3.98. The van der Waals surface area contributed by atoms with Crippen LogP contribution >= 0.6 is 11.3 Å². The van der Waals surface area contributed by atoms with Gasteiger partial charge in [0.1, 0.15) is 5.60 Å². The highest BCUT2D eigenvalue weighted by molar-refractivity contribution is 7.11. The Hall–Kier alpha value is -3.02. The molecule has 2 aliphatic heterocycles. The second kappa shape index (κ2) is 14.6. The fourth-order valence-electron chi connectivity index (χ4n) is 3.77. The lowest BCUT2D eigenvalue weighted by Gasteiger charge is -2.31. The Morgan fingerprint density at radius 2 is 1.73 bits per heavy atom. The molecule has 2 atom stereocenters. The maximum Gasteiger partial charge on any atom is 0.490 e. The summed E-state index contributed by atoms with van der Waals surface area (Å²) in [6.45, 7) is 7.23. The number of anilines is 1. The van der Waals surface area contributed by atoms with E-state index in [4.69, 9.17) is 29.3 Å². The second-order valence-electron chi connectivity index (χ2n) is 8.80. The lowest BCUT2D eigenvalue weighted by Crippen LogP contribution is -2.44. The minimum Gasteiger partial charge on any atom is -0.475 e. The van der Waals surface area contributed by atoms with Crippen LogP contribution in [0, 0.1) is 6.92 Å². The molecule has 1 spiro atoms. The van der Waals surface area contributed by atoms with E-state index in [1.807, 2.05) is 17.4 Å². The third kappa shape index (κ3) is 11.6. The average Bonchev–Trinajstić information content (AvgIpc) is 3.40. The Morgan fingerprint density at radius 3 is 2.25 bits per heavy atom. The van der Waals surface area contributed by atoms with E-state index < -0.39 is 24.3 Å². The fraction of sp³-hybridized carbons (Fsp3) is 0.565. The van der Waals surface area contributed by atoms with Crippen molar-refractivity contribution in [2.24, 2.45) is 0 Å². The summed E-state index contributed by atoms with van der Waals surface area (Å²) in [4.78, 5) is 31.5. The number of carbonyl (C=O) groups is 2. The molecule has 0 aliphatic carbocycles. The number of carboxylic acids is 2. The van der Waals surface area contributed by atoms with E-state index in [1.165, 1.54) is 9.75 Å². The summed E-state index contributed by atoms with van der Waals surface area (Å²) in [6.07, 6.45) is -4.43. The molecule has 2 saturated heterocycles. The Labute approximate surface area is 228 Å². The number of nitrogens with one attached hydrogen (secondary N) is 1. The molecule has 2 aromatic heterocycles. The molecule has 2 fully saturated rings. The molecule has 0 amide bonds. The largest absolute Gasteiger partial charge is 0.490 e. The molecular formula is C23H28F6N4O6S. The van der Waals surface area contributed by atoms with Crippen molar-refractivity contribution < 1.29 is 55.6 Å². The van der Waals surface area contributed by atoms with Gasteiger partial charge in [-0.3, -0.25) is 4.90 Å². The molecule has 3 N–H and O–H groups in total. The third-order valence-electron chi connectivity index (χ3n) is 5.48. The van der Waals surface area contributed by atoms with Gasteiger partial charge in [-0.25, -0.2) is 19.6 Å². The highest BCUT2D eigenvalue weighted by Gasteiger charge is 2.43. The Kier molecular flexibility index (Phi) is 12.1. The van der Waals surface area contributed by atoms with E-state index in [1.54, 1.807) is 12.4 Å². The van der Waals surface area contributed by atoms with E-state index in [0.717, 1.165) is 45.6 Å². The molecule has 2 aromatic rings. The normalized spacial score (nSPS) is 21.4. The van der Waals surface area contributed by atoms with Crippen LogP contribution in [0.25, 0.3) is 0 Å². The number of nitrogens with zero attached hydrogens (tertiary/aromatic N) is 3. The number of aromatic nitrogens is 2.